The van der Waals surface area contributed by atoms with Crippen molar-refractivity contribution in [3.05, 3.63) is 0 Å². The van der Waals surface area contributed by atoms with Crippen molar-refractivity contribution < 1.29 is 0 Å². The summed E-state index contributed by atoms with van der Waals surface area (Å²) in [6.45, 7) is 11.1. The molecule has 1 aliphatic heterocycles. The van der Waals surface area contributed by atoms with Crippen LogP contribution >= 0.6 is 0 Å². The molecule has 13 heavy (non-hydrogen) atoms. The van der Waals surface area contributed by atoms with Gasteiger partial charge in [0.15, 0.2) is 0 Å². The Hall–Kier alpha value is -0.0400. The molecule has 0 aromatic rings. The molecule has 2 aliphatic rings. The lowest BCUT2D eigenvalue weighted by Gasteiger charge is -2.34. The Kier molecular flexibility index (Phi) is 2.18. The summed E-state index contributed by atoms with van der Waals surface area (Å²) in [6, 6.07) is 0. The number of hydrogen-bond acceptors (Lipinski definition) is 1. The van der Waals surface area contributed by atoms with Gasteiger partial charge >= 0.3 is 0 Å². The summed E-state index contributed by atoms with van der Waals surface area (Å²) >= 11 is 0. The molecule has 1 heteroatoms. The van der Waals surface area contributed by atoms with Gasteiger partial charge in [0.1, 0.15) is 0 Å². The summed E-state index contributed by atoms with van der Waals surface area (Å²) in [5.74, 6) is 0. The minimum atomic E-state index is 0.715. The molecule has 1 saturated carbocycles. The van der Waals surface area contributed by atoms with E-state index >= 15 is 0 Å². The van der Waals surface area contributed by atoms with Crippen LogP contribution in [0.4, 0.5) is 0 Å². The predicted molar refractivity (Wildman–Crippen MR) is 56.8 cm³/mol. The van der Waals surface area contributed by atoms with Crippen molar-refractivity contribution in [1.82, 2.24) is 4.90 Å². The van der Waals surface area contributed by atoms with Crippen molar-refractivity contribution in [1.29, 1.82) is 0 Å². The molecule has 1 nitrogen and oxygen atoms in total. The second-order valence-electron chi connectivity index (χ2n) is 5.31. The predicted octanol–water partition coefficient (Wildman–Crippen LogP) is 2.91. The molecule has 0 aromatic heterocycles. The summed E-state index contributed by atoms with van der Waals surface area (Å²) in [5.41, 5.74) is 1.49. The Morgan fingerprint density at radius 2 is 1.77 bits per heavy atom. The van der Waals surface area contributed by atoms with Gasteiger partial charge in [-0.1, -0.05) is 27.2 Å². The molecule has 1 saturated heterocycles. The molecular weight excluding hydrogens is 158 g/mol. The second kappa shape index (κ2) is 2.98. The van der Waals surface area contributed by atoms with E-state index in [2.05, 4.69) is 25.7 Å². The van der Waals surface area contributed by atoms with Crippen LogP contribution in [0.2, 0.25) is 0 Å². The van der Waals surface area contributed by atoms with Crippen LogP contribution in [0.15, 0.2) is 0 Å². The Labute approximate surface area is 82.5 Å². The standard InChI is InChI=1S/C12H23N/c1-4-11(3)10-12(11)6-8-13(5-2)9-7-12/h4-10H2,1-3H3. The molecule has 1 unspecified atom stereocenters. The average molecular weight is 181 g/mol. The molecule has 76 valence electrons. The quantitative estimate of drug-likeness (QED) is 0.633. The third-order valence-electron chi connectivity index (χ3n) is 4.92. The first-order valence-electron chi connectivity index (χ1n) is 5.88. The van der Waals surface area contributed by atoms with Gasteiger partial charge in [-0.25, -0.2) is 0 Å². The van der Waals surface area contributed by atoms with E-state index in [0.717, 1.165) is 5.41 Å². The Balaban J connectivity index is 1.93. The van der Waals surface area contributed by atoms with Crippen molar-refractivity contribution in [2.45, 2.75) is 46.5 Å². The first-order chi connectivity index (χ1) is 6.16. The fraction of sp³-hybridized carbons (Fsp3) is 1.00. The van der Waals surface area contributed by atoms with Gasteiger partial charge in [0.05, 0.1) is 0 Å². The lowest BCUT2D eigenvalue weighted by molar-refractivity contribution is 0.150. The highest BCUT2D eigenvalue weighted by Gasteiger charge is 2.62. The summed E-state index contributed by atoms with van der Waals surface area (Å²) in [5, 5.41) is 0. The highest BCUT2D eigenvalue weighted by Crippen LogP contribution is 2.70. The Bertz CT molecular complexity index is 191. The van der Waals surface area contributed by atoms with Gasteiger partial charge in [-0.15, -0.1) is 0 Å². The van der Waals surface area contributed by atoms with Crippen LogP contribution in [0.5, 0.6) is 0 Å². The molecular formula is C12H23N. The normalized spacial score (nSPS) is 38.1. The second-order valence-corrected chi connectivity index (χ2v) is 5.31. The Morgan fingerprint density at radius 3 is 2.15 bits per heavy atom. The summed E-state index contributed by atoms with van der Waals surface area (Å²) in [6.07, 6.45) is 5.82. The van der Waals surface area contributed by atoms with Gasteiger partial charge in [-0.05, 0) is 49.7 Å². The van der Waals surface area contributed by atoms with Gasteiger partial charge < -0.3 is 4.90 Å². The molecule has 2 fully saturated rings. The van der Waals surface area contributed by atoms with Crippen molar-refractivity contribution in [3.8, 4) is 0 Å². The monoisotopic (exact) mass is 181 g/mol. The van der Waals surface area contributed by atoms with Crippen molar-refractivity contribution >= 4 is 0 Å². The Morgan fingerprint density at radius 1 is 1.15 bits per heavy atom. The minimum Gasteiger partial charge on any atom is -0.304 e. The van der Waals surface area contributed by atoms with E-state index in [0.29, 0.717) is 5.41 Å². The van der Waals surface area contributed by atoms with Crippen molar-refractivity contribution in [2.24, 2.45) is 10.8 Å². The van der Waals surface area contributed by atoms with Crippen LogP contribution in [-0.4, -0.2) is 24.5 Å². The molecule has 0 amide bonds. The molecule has 2 rings (SSSR count). The van der Waals surface area contributed by atoms with E-state index in [1.807, 2.05) is 0 Å². The SMILES string of the molecule is CCN1CCC2(CC1)CC2(C)CC. The number of nitrogens with zero attached hydrogens (tertiary/aromatic N) is 1. The first-order valence-corrected chi connectivity index (χ1v) is 5.88. The summed E-state index contributed by atoms with van der Waals surface area (Å²) < 4.78 is 0. The lowest BCUT2D eigenvalue weighted by atomic mass is 9.84. The fourth-order valence-corrected chi connectivity index (χ4v) is 3.28. The van der Waals surface area contributed by atoms with Gasteiger partial charge in [0, 0.05) is 0 Å². The van der Waals surface area contributed by atoms with Crippen LogP contribution in [0.3, 0.4) is 0 Å². The van der Waals surface area contributed by atoms with Crippen molar-refractivity contribution in [2.75, 3.05) is 19.6 Å². The topological polar surface area (TPSA) is 3.24 Å². The van der Waals surface area contributed by atoms with E-state index in [-0.39, 0.29) is 0 Å². The van der Waals surface area contributed by atoms with E-state index in [4.69, 9.17) is 0 Å². The summed E-state index contributed by atoms with van der Waals surface area (Å²) in [4.78, 5) is 2.60. The van der Waals surface area contributed by atoms with Crippen LogP contribution in [0, 0.1) is 10.8 Å². The molecule has 1 atom stereocenters. The van der Waals surface area contributed by atoms with Gasteiger partial charge in [0.25, 0.3) is 0 Å². The van der Waals surface area contributed by atoms with Crippen molar-refractivity contribution in [3.63, 3.8) is 0 Å². The first kappa shape index (κ1) is 9.51. The molecule has 0 bridgehead atoms. The third kappa shape index (κ3) is 1.32. The zero-order valence-electron chi connectivity index (χ0n) is 9.40. The van der Waals surface area contributed by atoms with E-state index < -0.39 is 0 Å². The highest BCUT2D eigenvalue weighted by molar-refractivity contribution is 5.12. The van der Waals surface area contributed by atoms with E-state index in [9.17, 15) is 0 Å². The van der Waals surface area contributed by atoms with E-state index in [1.54, 1.807) is 0 Å². The third-order valence-corrected chi connectivity index (χ3v) is 4.92. The van der Waals surface area contributed by atoms with Crippen LogP contribution in [0.1, 0.15) is 46.5 Å². The minimum absolute atomic E-state index is 0.715. The average Bonchev–Trinajstić information content (AvgIpc) is 2.74. The maximum Gasteiger partial charge on any atom is -0.00133 e. The summed E-state index contributed by atoms with van der Waals surface area (Å²) in [7, 11) is 0. The van der Waals surface area contributed by atoms with E-state index in [1.165, 1.54) is 45.3 Å². The molecule has 0 aromatic carbocycles. The van der Waals surface area contributed by atoms with Gasteiger partial charge in [-0.3, -0.25) is 0 Å². The van der Waals surface area contributed by atoms with Crippen LogP contribution in [0.25, 0.3) is 0 Å². The number of piperidine rings is 1. The number of likely N-dealkylation sites (tertiary alicyclic amines) is 1. The maximum absolute atomic E-state index is 2.60. The molecule has 1 heterocycles. The molecule has 1 spiro atoms. The molecule has 0 N–H and O–H groups in total. The van der Waals surface area contributed by atoms with Crippen LogP contribution < -0.4 is 0 Å². The van der Waals surface area contributed by atoms with Gasteiger partial charge in [-0.2, -0.15) is 0 Å². The smallest absolute Gasteiger partial charge is 0.00133 e. The maximum atomic E-state index is 2.60. The number of hydrogen-bond donors (Lipinski definition) is 0. The molecule has 1 aliphatic carbocycles. The fourth-order valence-electron chi connectivity index (χ4n) is 3.28. The van der Waals surface area contributed by atoms with Gasteiger partial charge in [0.2, 0.25) is 0 Å². The zero-order chi connectivity index (χ0) is 9.53. The lowest BCUT2D eigenvalue weighted by Crippen LogP contribution is -2.35. The molecule has 0 radical (unpaired) electrons. The number of rotatable bonds is 2. The zero-order valence-corrected chi connectivity index (χ0v) is 9.40. The van der Waals surface area contributed by atoms with Crippen LogP contribution in [-0.2, 0) is 0 Å². The highest BCUT2D eigenvalue weighted by atomic mass is 15.1. The largest absolute Gasteiger partial charge is 0.304 e.